The first-order valence-electron chi connectivity index (χ1n) is 7.09. The molecule has 1 aromatic rings. The number of amides is 1. The second-order valence-corrected chi connectivity index (χ2v) is 5.58. The average Bonchev–Trinajstić information content (AvgIpc) is 2.90. The van der Waals surface area contributed by atoms with Crippen molar-refractivity contribution in [1.29, 1.82) is 0 Å². The number of carbonyl (C=O) groups excluding carboxylic acids is 1. The zero-order valence-electron chi connectivity index (χ0n) is 12.2. The lowest BCUT2D eigenvalue weighted by molar-refractivity contribution is 0.0897. The molecule has 0 aliphatic carbocycles. The minimum Gasteiger partial charge on any atom is -0.454 e. The Morgan fingerprint density at radius 2 is 2.05 bits per heavy atom. The van der Waals surface area contributed by atoms with Crippen LogP contribution >= 0.6 is 12.4 Å². The molecule has 116 valence electrons. The van der Waals surface area contributed by atoms with E-state index in [0.29, 0.717) is 23.0 Å². The second kappa shape index (κ2) is 6.54. The van der Waals surface area contributed by atoms with Crippen LogP contribution in [0.4, 0.5) is 0 Å². The summed E-state index contributed by atoms with van der Waals surface area (Å²) in [7, 11) is 0. The molecule has 6 heteroatoms. The highest BCUT2D eigenvalue weighted by Gasteiger charge is 2.29. The van der Waals surface area contributed by atoms with Crippen LogP contribution in [0.5, 0.6) is 11.5 Å². The molecule has 3 rings (SSSR count). The fraction of sp³-hybridized carbons (Fsp3) is 0.533. The topological polar surface area (TPSA) is 59.6 Å². The van der Waals surface area contributed by atoms with Crippen molar-refractivity contribution in [2.45, 2.75) is 32.4 Å². The van der Waals surface area contributed by atoms with Gasteiger partial charge in [-0.05, 0) is 44.0 Å². The Balaban J connectivity index is 0.00000161. The molecule has 1 fully saturated rings. The quantitative estimate of drug-likeness (QED) is 0.876. The average molecular weight is 313 g/mol. The molecule has 0 aromatic heterocycles. The fourth-order valence-corrected chi connectivity index (χ4v) is 2.88. The molecule has 0 radical (unpaired) electrons. The molecule has 21 heavy (non-hydrogen) atoms. The standard InChI is InChI=1S/C15H20N2O3.ClH/c1-9-5-6-16-10(2)14(9)17-15(18)11-3-4-12-13(7-11)20-8-19-12;/h3-4,7,9-10,14,16H,5-6,8H2,1-2H3,(H,17,18);1H. The number of benzene rings is 1. The molecule has 2 aliphatic rings. The number of nitrogens with one attached hydrogen (secondary N) is 2. The Kier molecular flexibility index (Phi) is 4.96. The van der Waals surface area contributed by atoms with Gasteiger partial charge in [0.1, 0.15) is 0 Å². The van der Waals surface area contributed by atoms with Crippen LogP contribution in [0.1, 0.15) is 30.6 Å². The van der Waals surface area contributed by atoms with Gasteiger partial charge >= 0.3 is 0 Å². The van der Waals surface area contributed by atoms with Gasteiger partial charge in [0.25, 0.3) is 5.91 Å². The maximum Gasteiger partial charge on any atom is 0.251 e. The van der Waals surface area contributed by atoms with Crippen molar-refractivity contribution in [2.24, 2.45) is 5.92 Å². The van der Waals surface area contributed by atoms with Gasteiger partial charge < -0.3 is 20.1 Å². The normalized spacial score (nSPS) is 26.9. The third-order valence-corrected chi connectivity index (χ3v) is 4.15. The smallest absolute Gasteiger partial charge is 0.251 e. The SMILES string of the molecule is CC1CCNC(C)C1NC(=O)c1ccc2c(c1)OCO2.Cl. The van der Waals surface area contributed by atoms with E-state index in [9.17, 15) is 4.79 Å². The maximum absolute atomic E-state index is 12.4. The van der Waals surface area contributed by atoms with E-state index in [4.69, 9.17) is 9.47 Å². The molecule has 3 unspecified atom stereocenters. The summed E-state index contributed by atoms with van der Waals surface area (Å²) in [5.74, 6) is 1.75. The summed E-state index contributed by atoms with van der Waals surface area (Å²) in [6.45, 7) is 5.53. The molecule has 5 nitrogen and oxygen atoms in total. The molecule has 2 aliphatic heterocycles. The van der Waals surface area contributed by atoms with Crippen molar-refractivity contribution in [2.75, 3.05) is 13.3 Å². The number of ether oxygens (including phenoxy) is 2. The van der Waals surface area contributed by atoms with Crippen LogP contribution in [0, 0.1) is 5.92 Å². The highest BCUT2D eigenvalue weighted by Crippen LogP contribution is 2.32. The van der Waals surface area contributed by atoms with E-state index in [1.54, 1.807) is 18.2 Å². The Hall–Kier alpha value is -1.46. The number of rotatable bonds is 2. The number of fused-ring (bicyclic) bond motifs is 1. The summed E-state index contributed by atoms with van der Waals surface area (Å²) < 4.78 is 10.6. The van der Waals surface area contributed by atoms with Gasteiger partial charge in [0, 0.05) is 17.6 Å². The molecule has 0 bridgehead atoms. The summed E-state index contributed by atoms with van der Waals surface area (Å²) in [4.78, 5) is 12.4. The van der Waals surface area contributed by atoms with E-state index in [-0.39, 0.29) is 37.2 Å². The van der Waals surface area contributed by atoms with Crippen molar-refractivity contribution in [3.05, 3.63) is 23.8 Å². The summed E-state index contributed by atoms with van der Waals surface area (Å²) in [5.41, 5.74) is 0.610. The lowest BCUT2D eigenvalue weighted by Crippen LogP contribution is -2.55. The first-order valence-corrected chi connectivity index (χ1v) is 7.09. The zero-order valence-corrected chi connectivity index (χ0v) is 13.0. The van der Waals surface area contributed by atoms with Crippen LogP contribution in [-0.2, 0) is 0 Å². The van der Waals surface area contributed by atoms with Crippen LogP contribution in [0.15, 0.2) is 18.2 Å². The van der Waals surface area contributed by atoms with E-state index in [1.165, 1.54) is 0 Å². The Labute approximate surface area is 130 Å². The molecular weight excluding hydrogens is 292 g/mol. The van der Waals surface area contributed by atoms with Crippen LogP contribution in [0.25, 0.3) is 0 Å². The number of hydrogen-bond donors (Lipinski definition) is 2. The second-order valence-electron chi connectivity index (χ2n) is 5.58. The fourth-order valence-electron chi connectivity index (χ4n) is 2.88. The molecule has 1 aromatic carbocycles. The van der Waals surface area contributed by atoms with Crippen LogP contribution in [0.2, 0.25) is 0 Å². The predicted molar refractivity (Wildman–Crippen MR) is 82.3 cm³/mol. The first kappa shape index (κ1) is 15.9. The van der Waals surface area contributed by atoms with Crippen LogP contribution in [-0.4, -0.2) is 31.3 Å². The molecule has 2 N–H and O–H groups in total. The highest BCUT2D eigenvalue weighted by atomic mass is 35.5. The molecule has 1 saturated heterocycles. The Morgan fingerprint density at radius 1 is 1.29 bits per heavy atom. The molecule has 0 spiro atoms. The van der Waals surface area contributed by atoms with Gasteiger partial charge in [-0.15, -0.1) is 12.4 Å². The molecule has 1 amide bonds. The monoisotopic (exact) mass is 312 g/mol. The van der Waals surface area contributed by atoms with Gasteiger partial charge in [-0.1, -0.05) is 6.92 Å². The van der Waals surface area contributed by atoms with E-state index in [1.807, 2.05) is 0 Å². The van der Waals surface area contributed by atoms with Gasteiger partial charge in [0.15, 0.2) is 11.5 Å². The minimum atomic E-state index is -0.0595. The van der Waals surface area contributed by atoms with Gasteiger partial charge in [0.2, 0.25) is 6.79 Å². The predicted octanol–water partition coefficient (Wildman–Crippen LogP) is 1.95. The number of piperidine rings is 1. The lowest BCUT2D eigenvalue weighted by atomic mass is 9.89. The first-order chi connectivity index (χ1) is 9.65. The molecule has 2 heterocycles. The summed E-state index contributed by atoms with van der Waals surface area (Å²) in [6, 6.07) is 5.74. The number of hydrogen-bond acceptors (Lipinski definition) is 4. The van der Waals surface area contributed by atoms with Gasteiger partial charge in [-0.2, -0.15) is 0 Å². The Morgan fingerprint density at radius 3 is 2.81 bits per heavy atom. The third kappa shape index (κ3) is 3.24. The summed E-state index contributed by atoms with van der Waals surface area (Å²) in [6.07, 6.45) is 1.08. The van der Waals surface area contributed by atoms with Crippen molar-refractivity contribution in [1.82, 2.24) is 10.6 Å². The largest absolute Gasteiger partial charge is 0.454 e. The Bertz CT molecular complexity index is 514. The number of halogens is 1. The van der Waals surface area contributed by atoms with Crippen molar-refractivity contribution >= 4 is 18.3 Å². The third-order valence-electron chi connectivity index (χ3n) is 4.15. The molecular formula is C15H21ClN2O3. The van der Waals surface area contributed by atoms with E-state index in [0.717, 1.165) is 13.0 Å². The van der Waals surface area contributed by atoms with Crippen molar-refractivity contribution in [3.8, 4) is 11.5 Å². The summed E-state index contributed by atoms with van der Waals surface area (Å²) in [5, 5.41) is 6.53. The highest BCUT2D eigenvalue weighted by molar-refractivity contribution is 5.95. The summed E-state index contributed by atoms with van der Waals surface area (Å²) >= 11 is 0. The minimum absolute atomic E-state index is 0. The van der Waals surface area contributed by atoms with E-state index in [2.05, 4.69) is 24.5 Å². The zero-order chi connectivity index (χ0) is 14.1. The van der Waals surface area contributed by atoms with E-state index >= 15 is 0 Å². The molecule has 3 atom stereocenters. The van der Waals surface area contributed by atoms with Gasteiger partial charge in [0.05, 0.1) is 0 Å². The van der Waals surface area contributed by atoms with Crippen LogP contribution in [0.3, 0.4) is 0 Å². The van der Waals surface area contributed by atoms with E-state index < -0.39 is 0 Å². The van der Waals surface area contributed by atoms with Crippen molar-refractivity contribution in [3.63, 3.8) is 0 Å². The lowest BCUT2D eigenvalue weighted by Gasteiger charge is -2.36. The van der Waals surface area contributed by atoms with Crippen molar-refractivity contribution < 1.29 is 14.3 Å². The van der Waals surface area contributed by atoms with Gasteiger partial charge in [-0.3, -0.25) is 4.79 Å². The van der Waals surface area contributed by atoms with Crippen LogP contribution < -0.4 is 20.1 Å². The van der Waals surface area contributed by atoms with Gasteiger partial charge in [-0.25, -0.2) is 0 Å². The molecule has 0 saturated carbocycles. The number of carbonyl (C=O) groups is 1. The maximum atomic E-state index is 12.4.